The van der Waals surface area contributed by atoms with Gasteiger partial charge in [0.25, 0.3) is 0 Å². The maximum Gasteiger partial charge on any atom is 0.127 e. The van der Waals surface area contributed by atoms with Crippen molar-refractivity contribution in [3.8, 4) is 5.75 Å². The molecule has 1 nitrogen and oxygen atoms in total. The van der Waals surface area contributed by atoms with Crippen LogP contribution in [-0.2, 0) is 0 Å². The zero-order chi connectivity index (χ0) is 16.4. The third-order valence-corrected chi connectivity index (χ3v) is 2.97. The van der Waals surface area contributed by atoms with Gasteiger partial charge in [0.15, 0.2) is 0 Å². The van der Waals surface area contributed by atoms with Gasteiger partial charge in [0.05, 0.1) is 7.11 Å². The number of hydrogen-bond donors (Lipinski definition) is 0. The molecule has 0 saturated carbocycles. The molecule has 0 unspecified atom stereocenters. The van der Waals surface area contributed by atoms with E-state index in [1.54, 1.807) is 32.2 Å². The highest BCUT2D eigenvalue weighted by atomic mass is 35.5. The van der Waals surface area contributed by atoms with Crippen molar-refractivity contribution in [2.45, 2.75) is 27.7 Å². The van der Waals surface area contributed by atoms with Gasteiger partial charge in [-0.2, -0.15) is 0 Å². The second-order valence-corrected chi connectivity index (χ2v) is 4.88. The van der Waals surface area contributed by atoms with Gasteiger partial charge in [0.1, 0.15) is 11.6 Å². The Hall–Kier alpha value is -1.25. The van der Waals surface area contributed by atoms with Gasteiger partial charge in [-0.05, 0) is 49.2 Å². The Bertz CT molecular complexity index is 556. The molecule has 116 valence electrons. The van der Waals surface area contributed by atoms with Crippen molar-refractivity contribution >= 4 is 23.2 Å². The Labute approximate surface area is 136 Å². The summed E-state index contributed by atoms with van der Waals surface area (Å²) in [5.74, 6) is 0.593. The van der Waals surface area contributed by atoms with Gasteiger partial charge in [0.2, 0.25) is 0 Å². The highest BCUT2D eigenvalue weighted by Crippen LogP contribution is 2.21. The molecule has 4 heteroatoms. The Balaban J connectivity index is 0.000000342. The molecule has 0 aliphatic rings. The third kappa shape index (κ3) is 7.35. The summed E-state index contributed by atoms with van der Waals surface area (Å²) in [6.07, 6.45) is 0. The molecule has 0 saturated heterocycles. The number of aryl methyl sites for hydroxylation is 2. The second kappa shape index (κ2) is 10.5. The summed E-state index contributed by atoms with van der Waals surface area (Å²) in [5.41, 5.74) is 1.73. The third-order valence-electron chi connectivity index (χ3n) is 2.50. The van der Waals surface area contributed by atoms with Crippen molar-refractivity contribution in [3.05, 3.63) is 63.4 Å². The lowest BCUT2D eigenvalue weighted by atomic mass is 10.2. The van der Waals surface area contributed by atoms with Crippen molar-refractivity contribution in [3.63, 3.8) is 0 Å². The van der Waals surface area contributed by atoms with Crippen LogP contribution in [0.3, 0.4) is 0 Å². The molecule has 0 spiro atoms. The van der Waals surface area contributed by atoms with Gasteiger partial charge >= 0.3 is 0 Å². The highest BCUT2D eigenvalue weighted by Gasteiger charge is 1.96. The normalized spacial score (nSPS) is 8.95. The summed E-state index contributed by atoms with van der Waals surface area (Å²) in [6.45, 7) is 7.68. The summed E-state index contributed by atoms with van der Waals surface area (Å²) < 4.78 is 17.5. The molecule has 0 aromatic heterocycles. The first-order valence-electron chi connectivity index (χ1n) is 6.66. The minimum absolute atomic E-state index is 0.248. The van der Waals surface area contributed by atoms with Gasteiger partial charge in [0, 0.05) is 10.0 Å². The van der Waals surface area contributed by atoms with Crippen LogP contribution in [0.2, 0.25) is 10.0 Å². The van der Waals surface area contributed by atoms with E-state index in [0.29, 0.717) is 15.6 Å². The van der Waals surface area contributed by atoms with Crippen molar-refractivity contribution in [2.75, 3.05) is 7.11 Å². The van der Waals surface area contributed by atoms with Gasteiger partial charge in [-0.3, -0.25) is 0 Å². The van der Waals surface area contributed by atoms with Crippen LogP contribution in [0.5, 0.6) is 5.75 Å². The van der Waals surface area contributed by atoms with Crippen LogP contribution >= 0.6 is 23.2 Å². The molecule has 21 heavy (non-hydrogen) atoms. The summed E-state index contributed by atoms with van der Waals surface area (Å²) in [4.78, 5) is 0. The average Bonchev–Trinajstić information content (AvgIpc) is 2.48. The molecule has 0 radical (unpaired) electrons. The van der Waals surface area contributed by atoms with Crippen LogP contribution < -0.4 is 4.74 Å². The van der Waals surface area contributed by atoms with E-state index in [9.17, 15) is 4.39 Å². The van der Waals surface area contributed by atoms with Gasteiger partial charge in [-0.1, -0.05) is 49.2 Å². The smallest absolute Gasteiger partial charge is 0.127 e. The summed E-state index contributed by atoms with van der Waals surface area (Å²) in [6, 6.07) is 10.2. The second-order valence-electron chi connectivity index (χ2n) is 4.01. The number of rotatable bonds is 1. The Morgan fingerprint density at radius 3 is 1.71 bits per heavy atom. The van der Waals surface area contributed by atoms with Crippen LogP contribution in [0.25, 0.3) is 0 Å². The van der Waals surface area contributed by atoms with Gasteiger partial charge in [-0.25, -0.2) is 4.39 Å². The van der Waals surface area contributed by atoms with E-state index >= 15 is 0 Å². The molecule has 0 aliphatic carbocycles. The van der Waals surface area contributed by atoms with Crippen molar-refractivity contribution in [2.24, 2.45) is 0 Å². The topological polar surface area (TPSA) is 9.23 Å². The first kappa shape index (κ1) is 19.8. The minimum atomic E-state index is -0.248. The van der Waals surface area contributed by atoms with E-state index in [0.717, 1.165) is 11.3 Å². The molecule has 0 bridgehead atoms. The zero-order valence-electron chi connectivity index (χ0n) is 13.0. The van der Waals surface area contributed by atoms with Crippen molar-refractivity contribution < 1.29 is 9.13 Å². The number of methoxy groups -OCH3 is 1. The molecular weight excluding hydrogens is 310 g/mol. The maximum absolute atomic E-state index is 12.5. The van der Waals surface area contributed by atoms with E-state index in [2.05, 4.69) is 0 Å². The van der Waals surface area contributed by atoms with Crippen LogP contribution in [0.1, 0.15) is 25.0 Å². The zero-order valence-corrected chi connectivity index (χ0v) is 14.5. The molecule has 2 aromatic rings. The fraction of sp³-hybridized carbons (Fsp3) is 0.294. The Morgan fingerprint density at radius 1 is 0.857 bits per heavy atom. The molecule has 0 fully saturated rings. The predicted molar refractivity (Wildman–Crippen MR) is 90.2 cm³/mol. The summed E-state index contributed by atoms with van der Waals surface area (Å²) in [7, 11) is 1.64. The SMILES string of the molecule is CC.COc1cc(Cl)ccc1C.Cc1ccc(Cl)cc1F. The quantitative estimate of drug-likeness (QED) is 0.582. The summed E-state index contributed by atoms with van der Waals surface area (Å²) >= 11 is 11.2. The lowest BCUT2D eigenvalue weighted by Crippen LogP contribution is -1.85. The molecule has 0 aliphatic heterocycles. The van der Waals surface area contributed by atoms with Crippen molar-refractivity contribution in [1.29, 1.82) is 0 Å². The monoisotopic (exact) mass is 330 g/mol. The molecule has 0 heterocycles. The summed E-state index contributed by atoms with van der Waals surface area (Å²) in [5, 5.41) is 1.15. The van der Waals surface area contributed by atoms with Crippen molar-refractivity contribution in [1.82, 2.24) is 0 Å². The molecular formula is C17H21Cl2FO. The Kier molecular flexibility index (Phi) is 9.85. The van der Waals surface area contributed by atoms with E-state index in [-0.39, 0.29) is 5.82 Å². The molecule has 0 amide bonds. The fourth-order valence-corrected chi connectivity index (χ4v) is 1.68. The lowest BCUT2D eigenvalue weighted by Gasteiger charge is -2.02. The van der Waals surface area contributed by atoms with Gasteiger partial charge in [-0.15, -0.1) is 0 Å². The number of hydrogen-bond acceptors (Lipinski definition) is 1. The largest absolute Gasteiger partial charge is 0.496 e. The van der Waals surface area contributed by atoms with E-state index in [1.807, 2.05) is 32.9 Å². The van der Waals surface area contributed by atoms with Crippen LogP contribution in [0.15, 0.2) is 36.4 Å². The molecule has 2 rings (SSSR count). The predicted octanol–water partition coefficient (Wildman–Crippen LogP) is 6.47. The lowest BCUT2D eigenvalue weighted by molar-refractivity contribution is 0.412. The fourth-order valence-electron chi connectivity index (χ4n) is 1.36. The minimum Gasteiger partial charge on any atom is -0.496 e. The first-order chi connectivity index (χ1) is 9.93. The molecule has 2 aromatic carbocycles. The van der Waals surface area contributed by atoms with E-state index in [1.165, 1.54) is 6.07 Å². The molecule has 0 N–H and O–H groups in total. The number of benzene rings is 2. The van der Waals surface area contributed by atoms with Crippen LogP contribution in [0, 0.1) is 19.7 Å². The Morgan fingerprint density at radius 2 is 1.33 bits per heavy atom. The number of ether oxygens (including phenoxy) is 1. The highest BCUT2D eigenvalue weighted by molar-refractivity contribution is 6.30. The standard InChI is InChI=1S/C8H9ClO.C7H6ClF.C2H6/c1-6-3-4-7(9)5-8(6)10-2;1-5-2-3-6(8)4-7(5)9;1-2/h3-5H,1-2H3;2-4H,1H3;1-2H3. The number of halogens is 3. The van der Waals surface area contributed by atoms with E-state index < -0.39 is 0 Å². The first-order valence-corrected chi connectivity index (χ1v) is 7.41. The molecule has 0 atom stereocenters. The van der Waals surface area contributed by atoms with Crippen LogP contribution in [0.4, 0.5) is 4.39 Å². The maximum atomic E-state index is 12.5. The van der Waals surface area contributed by atoms with E-state index in [4.69, 9.17) is 27.9 Å². The van der Waals surface area contributed by atoms with Crippen LogP contribution in [-0.4, -0.2) is 7.11 Å². The van der Waals surface area contributed by atoms with Gasteiger partial charge < -0.3 is 4.74 Å². The average molecular weight is 331 g/mol.